The molecule has 1 amide bonds. The number of ether oxygens (including phenoxy) is 1. The summed E-state index contributed by atoms with van der Waals surface area (Å²) >= 11 is 0.950. The molecule has 2 aromatic heterocycles. The van der Waals surface area contributed by atoms with E-state index >= 15 is 4.39 Å². The van der Waals surface area contributed by atoms with Gasteiger partial charge in [-0.25, -0.2) is 18.0 Å². The van der Waals surface area contributed by atoms with Gasteiger partial charge < -0.3 is 20.3 Å². The second kappa shape index (κ2) is 11.4. The summed E-state index contributed by atoms with van der Waals surface area (Å²) in [5.74, 6) is -0.973. The lowest BCUT2D eigenvalue weighted by atomic mass is 9.95. The lowest BCUT2D eigenvalue weighted by molar-refractivity contribution is -0.125. The number of likely N-dealkylation sites (N-methyl/N-ethyl adjacent to an activating group) is 1. The quantitative estimate of drug-likeness (QED) is 0.192. The van der Waals surface area contributed by atoms with E-state index < -0.39 is 23.3 Å². The van der Waals surface area contributed by atoms with E-state index in [1.54, 1.807) is 17.0 Å². The van der Waals surface area contributed by atoms with E-state index in [-0.39, 0.29) is 56.4 Å². The van der Waals surface area contributed by atoms with Gasteiger partial charge in [0.2, 0.25) is 11.6 Å². The number of amides is 1. The van der Waals surface area contributed by atoms with Crippen molar-refractivity contribution in [2.45, 2.75) is 43.4 Å². The maximum Gasteiger partial charge on any atom is 0.319 e. The van der Waals surface area contributed by atoms with Crippen LogP contribution in [0.15, 0.2) is 36.9 Å². The van der Waals surface area contributed by atoms with Crippen molar-refractivity contribution in [3.8, 4) is 17.1 Å². The number of nitrogens with two attached hydrogens (primary N) is 1. The lowest BCUT2D eigenvalue weighted by Gasteiger charge is -2.31. The van der Waals surface area contributed by atoms with Crippen LogP contribution in [0.2, 0.25) is 0 Å². The molecule has 238 valence electrons. The number of nitrogens with zero attached hydrogens (tertiary/aromatic N) is 6. The monoisotopic (exact) mass is 647 g/mol. The Bertz CT molecular complexity index is 1940. The highest BCUT2D eigenvalue weighted by atomic mass is 32.1. The van der Waals surface area contributed by atoms with Crippen LogP contribution in [0.1, 0.15) is 25.7 Å². The molecule has 0 aliphatic carbocycles. The third-order valence-electron chi connectivity index (χ3n) is 9.72. The molecule has 0 radical (unpaired) electrons. The number of anilines is 2. The van der Waals surface area contributed by atoms with Crippen molar-refractivity contribution >= 4 is 54.7 Å². The van der Waals surface area contributed by atoms with Crippen molar-refractivity contribution < 1.29 is 22.7 Å². The fourth-order valence-corrected chi connectivity index (χ4v) is 8.32. The minimum Gasteiger partial charge on any atom is -0.461 e. The van der Waals surface area contributed by atoms with Crippen LogP contribution in [0.4, 0.5) is 29.7 Å². The highest BCUT2D eigenvalue weighted by molar-refractivity contribution is 7.23. The molecular formula is C33H32F3N7O2S. The number of nitrogen functional groups attached to an aromatic ring is 1. The molecule has 3 aliphatic rings. The first-order valence-corrected chi connectivity index (χ1v) is 16.0. The van der Waals surface area contributed by atoms with E-state index in [0.717, 1.165) is 30.7 Å². The van der Waals surface area contributed by atoms with Gasteiger partial charge in [-0.15, -0.1) is 11.3 Å². The zero-order valence-corrected chi connectivity index (χ0v) is 26.0. The van der Waals surface area contributed by atoms with Crippen LogP contribution in [0, 0.1) is 18.2 Å². The molecule has 3 aliphatic heterocycles. The van der Waals surface area contributed by atoms with Gasteiger partial charge in [-0.05, 0) is 49.6 Å². The summed E-state index contributed by atoms with van der Waals surface area (Å²) in [6.45, 7) is 13.5. The SMILES string of the molecule is [C-]#[N+]c1c(N)sc2c(F)ccc(-c3ccc4c(N(C)C5CCN(C(=O)C=C)C5)nc(OCC56CCCN5CC(F)C6)nc4c3F)c12. The van der Waals surface area contributed by atoms with Gasteiger partial charge in [-0.2, -0.15) is 9.97 Å². The summed E-state index contributed by atoms with van der Waals surface area (Å²) < 4.78 is 52.4. The molecule has 2 N–H and O–H groups in total. The van der Waals surface area contributed by atoms with Gasteiger partial charge in [0, 0.05) is 55.5 Å². The Kier molecular flexibility index (Phi) is 7.52. The van der Waals surface area contributed by atoms with E-state index in [9.17, 15) is 13.6 Å². The molecule has 2 aromatic carbocycles. The first-order chi connectivity index (χ1) is 22.1. The molecule has 3 unspecified atom stereocenters. The first-order valence-electron chi connectivity index (χ1n) is 15.2. The molecule has 0 saturated carbocycles. The smallest absolute Gasteiger partial charge is 0.319 e. The van der Waals surface area contributed by atoms with Crippen LogP contribution >= 0.6 is 11.3 Å². The number of alkyl halides is 1. The molecule has 0 bridgehead atoms. The summed E-state index contributed by atoms with van der Waals surface area (Å²) in [4.78, 5) is 30.8. The Morgan fingerprint density at radius 2 is 2.07 bits per heavy atom. The van der Waals surface area contributed by atoms with Gasteiger partial charge >= 0.3 is 6.01 Å². The molecule has 9 nitrogen and oxygen atoms in total. The number of thiophene rings is 1. The van der Waals surface area contributed by atoms with Crippen LogP contribution in [0.3, 0.4) is 0 Å². The number of aromatic nitrogens is 2. The summed E-state index contributed by atoms with van der Waals surface area (Å²) in [6.07, 6.45) is 3.10. The third-order valence-corrected chi connectivity index (χ3v) is 10.7. The molecule has 3 fully saturated rings. The van der Waals surface area contributed by atoms with Crippen molar-refractivity contribution in [3.63, 3.8) is 0 Å². The normalized spacial score (nSPS) is 22.8. The predicted octanol–water partition coefficient (Wildman–Crippen LogP) is 6.10. The average Bonchev–Trinajstić information content (AvgIpc) is 3.82. The zero-order valence-electron chi connectivity index (χ0n) is 25.2. The average molecular weight is 648 g/mol. The first kappa shape index (κ1) is 30.3. The van der Waals surface area contributed by atoms with Gasteiger partial charge in [0.25, 0.3) is 0 Å². The van der Waals surface area contributed by atoms with Crippen LogP contribution in [0.25, 0.3) is 37.0 Å². The van der Waals surface area contributed by atoms with Gasteiger partial charge in [0.1, 0.15) is 29.9 Å². The molecule has 3 atom stereocenters. The second-order valence-corrected chi connectivity index (χ2v) is 13.3. The maximum absolute atomic E-state index is 16.8. The van der Waals surface area contributed by atoms with E-state index in [2.05, 4.69) is 21.3 Å². The van der Waals surface area contributed by atoms with E-state index in [4.69, 9.17) is 22.0 Å². The Hall–Kier alpha value is -4.41. The Morgan fingerprint density at radius 1 is 1.26 bits per heavy atom. The molecule has 0 spiro atoms. The minimum atomic E-state index is -0.939. The van der Waals surface area contributed by atoms with E-state index in [1.807, 2.05) is 11.9 Å². The Morgan fingerprint density at radius 3 is 2.85 bits per heavy atom. The van der Waals surface area contributed by atoms with Gasteiger partial charge in [0.05, 0.1) is 21.8 Å². The zero-order chi connectivity index (χ0) is 32.3. The third kappa shape index (κ3) is 4.82. The van der Waals surface area contributed by atoms with Crippen molar-refractivity contribution in [1.29, 1.82) is 0 Å². The number of rotatable bonds is 7. The molecule has 13 heteroatoms. The number of hydrogen-bond donors (Lipinski definition) is 1. The molecule has 5 heterocycles. The molecule has 7 rings (SSSR count). The van der Waals surface area contributed by atoms with Gasteiger partial charge in [-0.1, -0.05) is 18.7 Å². The van der Waals surface area contributed by atoms with Crippen molar-refractivity contribution in [2.75, 3.05) is 50.5 Å². The van der Waals surface area contributed by atoms with Gasteiger partial charge in [0.15, 0.2) is 5.82 Å². The van der Waals surface area contributed by atoms with Crippen LogP contribution in [-0.2, 0) is 4.79 Å². The number of likely N-dealkylation sites (tertiary alicyclic amines) is 1. The standard InChI is InChI=1S/C33H32F3N7O2S/c1-4-24(44)42-13-10-19(16-42)41(3)31-22-7-6-21(20-8-9-23(35)29-25(20)28(38-2)30(37)46-29)26(36)27(22)39-32(40-31)45-17-33-11-5-12-43(33)15-18(34)14-33/h4,6-9,18-19H,1,5,10-17,37H2,3H3. The van der Waals surface area contributed by atoms with Crippen LogP contribution < -0.4 is 15.4 Å². The number of benzene rings is 2. The fourth-order valence-electron chi connectivity index (χ4n) is 7.38. The summed E-state index contributed by atoms with van der Waals surface area (Å²) in [5.41, 5.74) is 6.10. The Balaban J connectivity index is 1.34. The summed E-state index contributed by atoms with van der Waals surface area (Å²) in [7, 11) is 1.84. The summed E-state index contributed by atoms with van der Waals surface area (Å²) in [6, 6.07) is 5.80. The summed E-state index contributed by atoms with van der Waals surface area (Å²) in [5, 5.41) is 0.824. The lowest BCUT2D eigenvalue weighted by Crippen LogP contribution is -2.43. The van der Waals surface area contributed by atoms with E-state index in [1.165, 1.54) is 18.2 Å². The highest BCUT2D eigenvalue weighted by Gasteiger charge is 2.49. The predicted molar refractivity (Wildman–Crippen MR) is 173 cm³/mol. The van der Waals surface area contributed by atoms with Crippen molar-refractivity contribution in [2.24, 2.45) is 0 Å². The number of hydrogen-bond acceptors (Lipinski definition) is 8. The fraction of sp³-hybridized carbons (Fsp3) is 0.394. The highest BCUT2D eigenvalue weighted by Crippen LogP contribution is 2.47. The number of carbonyl (C=O) groups excluding carboxylic acids is 1. The number of carbonyl (C=O) groups is 1. The maximum atomic E-state index is 16.8. The Labute approximate surface area is 267 Å². The molecule has 46 heavy (non-hydrogen) atoms. The molecule has 4 aromatic rings. The molecule has 3 saturated heterocycles. The van der Waals surface area contributed by atoms with E-state index in [0.29, 0.717) is 49.2 Å². The number of halogens is 3. The largest absolute Gasteiger partial charge is 0.461 e. The number of fused-ring (bicyclic) bond motifs is 3. The molecular weight excluding hydrogens is 615 g/mol. The van der Waals surface area contributed by atoms with Crippen LogP contribution in [-0.4, -0.2) is 83.3 Å². The second-order valence-electron chi connectivity index (χ2n) is 12.3. The topological polar surface area (TPSA) is 92.2 Å². The minimum absolute atomic E-state index is 0.0121. The van der Waals surface area contributed by atoms with Crippen molar-refractivity contribution in [1.82, 2.24) is 19.8 Å². The van der Waals surface area contributed by atoms with Crippen molar-refractivity contribution in [3.05, 3.63) is 60.0 Å². The van der Waals surface area contributed by atoms with Crippen LogP contribution in [0.5, 0.6) is 6.01 Å². The van der Waals surface area contributed by atoms with Gasteiger partial charge in [-0.3, -0.25) is 9.69 Å².